The summed E-state index contributed by atoms with van der Waals surface area (Å²) in [5.74, 6) is -0.507. The van der Waals surface area contributed by atoms with E-state index >= 15 is 0 Å². The monoisotopic (exact) mass is 355 g/mol. The van der Waals surface area contributed by atoms with Crippen LogP contribution in [0.2, 0.25) is 0 Å². The Morgan fingerprint density at radius 3 is 2.35 bits per heavy atom. The van der Waals surface area contributed by atoms with Crippen molar-refractivity contribution in [2.24, 2.45) is 0 Å². The molecule has 1 N–H and O–H groups in total. The van der Waals surface area contributed by atoms with E-state index in [4.69, 9.17) is 0 Å². The lowest BCUT2D eigenvalue weighted by Crippen LogP contribution is -2.43. The molecule has 3 rings (SSSR count). The molecule has 0 saturated carbocycles. The topological polar surface area (TPSA) is 35.6 Å². The number of hydrogen-bond acceptors (Lipinski definition) is 3. The fraction of sp³-hybridized carbons (Fsp3) is 0.381. The van der Waals surface area contributed by atoms with Gasteiger partial charge < -0.3 is 10.2 Å². The molecule has 0 spiro atoms. The molecule has 2 aromatic carbocycles. The summed E-state index contributed by atoms with van der Waals surface area (Å²) in [4.78, 5) is 16.8. The maximum absolute atomic E-state index is 13.6. The van der Waals surface area contributed by atoms with Crippen molar-refractivity contribution in [2.45, 2.75) is 19.5 Å². The molecular formula is C21H26FN3O. The Kier molecular flexibility index (Phi) is 6.36. The van der Waals surface area contributed by atoms with E-state index in [1.54, 1.807) is 18.2 Å². The van der Waals surface area contributed by atoms with Crippen molar-refractivity contribution in [1.29, 1.82) is 0 Å². The Bertz CT molecular complexity index is 724. The number of rotatable bonds is 6. The van der Waals surface area contributed by atoms with Crippen LogP contribution >= 0.6 is 0 Å². The van der Waals surface area contributed by atoms with Gasteiger partial charge >= 0.3 is 0 Å². The number of nitrogens with one attached hydrogen (secondary N) is 1. The van der Waals surface area contributed by atoms with Gasteiger partial charge in [-0.3, -0.25) is 9.69 Å². The van der Waals surface area contributed by atoms with Gasteiger partial charge in [-0.1, -0.05) is 42.5 Å². The minimum Gasteiger partial charge on any atom is -0.352 e. The molecular weight excluding hydrogens is 329 g/mol. The molecule has 0 radical (unpaired) electrons. The SMILES string of the molecule is CN1CCN(Cc2ccc(CNC(=O)Cc3ccccc3F)cc2)CC1. The van der Waals surface area contributed by atoms with Gasteiger partial charge in [0.2, 0.25) is 5.91 Å². The average molecular weight is 355 g/mol. The Hall–Kier alpha value is -2.24. The fourth-order valence-electron chi connectivity index (χ4n) is 3.10. The Morgan fingerprint density at radius 1 is 1.00 bits per heavy atom. The third-order valence-corrected chi connectivity index (χ3v) is 4.82. The molecule has 0 aliphatic carbocycles. The smallest absolute Gasteiger partial charge is 0.224 e. The van der Waals surface area contributed by atoms with Crippen molar-refractivity contribution in [2.75, 3.05) is 33.2 Å². The second kappa shape index (κ2) is 8.92. The van der Waals surface area contributed by atoms with Crippen LogP contribution < -0.4 is 5.32 Å². The molecule has 2 aromatic rings. The molecule has 0 bridgehead atoms. The predicted molar refractivity (Wildman–Crippen MR) is 101 cm³/mol. The van der Waals surface area contributed by atoms with Crippen LogP contribution in [0.3, 0.4) is 0 Å². The lowest BCUT2D eigenvalue weighted by molar-refractivity contribution is -0.120. The molecule has 1 aliphatic rings. The van der Waals surface area contributed by atoms with E-state index in [2.05, 4.69) is 46.4 Å². The first-order chi connectivity index (χ1) is 12.6. The summed E-state index contributed by atoms with van der Waals surface area (Å²) in [5, 5.41) is 2.86. The van der Waals surface area contributed by atoms with E-state index in [0.29, 0.717) is 12.1 Å². The summed E-state index contributed by atoms with van der Waals surface area (Å²) >= 11 is 0. The van der Waals surface area contributed by atoms with Gasteiger partial charge in [0.05, 0.1) is 6.42 Å². The standard InChI is InChI=1S/C21H26FN3O/c1-24-10-12-25(13-11-24)16-18-8-6-17(7-9-18)15-23-21(26)14-19-4-2-3-5-20(19)22/h2-9H,10-16H2,1H3,(H,23,26). The van der Waals surface area contributed by atoms with Crippen LogP contribution in [-0.2, 0) is 24.3 Å². The van der Waals surface area contributed by atoms with E-state index < -0.39 is 0 Å². The van der Waals surface area contributed by atoms with Gasteiger partial charge in [0.15, 0.2) is 0 Å². The van der Waals surface area contributed by atoms with Gasteiger partial charge in [-0.25, -0.2) is 4.39 Å². The molecule has 1 fully saturated rings. The molecule has 138 valence electrons. The maximum atomic E-state index is 13.6. The second-order valence-corrected chi connectivity index (χ2v) is 6.94. The van der Waals surface area contributed by atoms with Gasteiger partial charge in [0.25, 0.3) is 0 Å². The lowest BCUT2D eigenvalue weighted by Gasteiger charge is -2.32. The summed E-state index contributed by atoms with van der Waals surface area (Å²) in [6.45, 7) is 5.86. The predicted octanol–water partition coefficient (Wildman–Crippen LogP) is 2.43. The number of likely N-dealkylation sites (N-methyl/N-ethyl adjacent to an activating group) is 1. The van der Waals surface area contributed by atoms with Gasteiger partial charge in [-0.2, -0.15) is 0 Å². The zero-order valence-corrected chi connectivity index (χ0v) is 15.2. The molecule has 0 unspecified atom stereocenters. The molecule has 1 heterocycles. The largest absolute Gasteiger partial charge is 0.352 e. The Labute approximate surface area is 154 Å². The van der Waals surface area contributed by atoms with E-state index in [0.717, 1.165) is 38.3 Å². The molecule has 1 aliphatic heterocycles. The van der Waals surface area contributed by atoms with Crippen molar-refractivity contribution < 1.29 is 9.18 Å². The van der Waals surface area contributed by atoms with Crippen LogP contribution in [0.15, 0.2) is 48.5 Å². The molecule has 26 heavy (non-hydrogen) atoms. The first-order valence-corrected chi connectivity index (χ1v) is 9.09. The summed E-state index contributed by atoms with van der Waals surface area (Å²) in [5.41, 5.74) is 2.76. The van der Waals surface area contributed by atoms with E-state index in [9.17, 15) is 9.18 Å². The van der Waals surface area contributed by atoms with Crippen molar-refractivity contribution in [1.82, 2.24) is 15.1 Å². The van der Waals surface area contributed by atoms with Crippen molar-refractivity contribution in [3.05, 3.63) is 71.0 Å². The number of halogens is 1. The number of carbonyl (C=O) groups excluding carboxylic acids is 1. The number of amides is 1. The third kappa shape index (κ3) is 5.38. The molecule has 0 aromatic heterocycles. The molecule has 0 atom stereocenters. The van der Waals surface area contributed by atoms with Gasteiger partial charge in [0.1, 0.15) is 5.82 Å². The van der Waals surface area contributed by atoms with Crippen LogP contribution in [0.25, 0.3) is 0 Å². The van der Waals surface area contributed by atoms with Crippen molar-refractivity contribution in [3.8, 4) is 0 Å². The number of carbonyl (C=O) groups is 1. The summed E-state index contributed by atoms with van der Waals surface area (Å²) < 4.78 is 13.6. The molecule has 5 heteroatoms. The summed E-state index contributed by atoms with van der Waals surface area (Å²) in [6.07, 6.45) is 0.0637. The van der Waals surface area contributed by atoms with E-state index in [1.807, 2.05) is 0 Å². The first kappa shape index (κ1) is 18.5. The number of nitrogens with zero attached hydrogens (tertiary/aromatic N) is 2. The molecule has 1 saturated heterocycles. The highest BCUT2D eigenvalue weighted by Gasteiger charge is 2.13. The van der Waals surface area contributed by atoms with Crippen LogP contribution in [0.1, 0.15) is 16.7 Å². The Morgan fingerprint density at radius 2 is 1.65 bits per heavy atom. The summed E-state index contributed by atoms with van der Waals surface area (Å²) in [6, 6.07) is 14.7. The highest BCUT2D eigenvalue weighted by Crippen LogP contribution is 2.10. The first-order valence-electron chi connectivity index (χ1n) is 9.09. The molecule has 4 nitrogen and oxygen atoms in total. The summed E-state index contributed by atoms with van der Waals surface area (Å²) in [7, 11) is 2.16. The highest BCUT2D eigenvalue weighted by atomic mass is 19.1. The number of piperazine rings is 1. The zero-order valence-electron chi connectivity index (χ0n) is 15.2. The van der Waals surface area contributed by atoms with Gasteiger partial charge in [0, 0.05) is 39.3 Å². The Balaban J connectivity index is 1.45. The van der Waals surface area contributed by atoms with Crippen LogP contribution in [0, 0.1) is 5.82 Å². The van der Waals surface area contributed by atoms with Crippen LogP contribution in [-0.4, -0.2) is 48.9 Å². The van der Waals surface area contributed by atoms with Gasteiger partial charge in [-0.15, -0.1) is 0 Å². The van der Waals surface area contributed by atoms with E-state index in [1.165, 1.54) is 11.6 Å². The maximum Gasteiger partial charge on any atom is 0.224 e. The quantitative estimate of drug-likeness (QED) is 0.865. The second-order valence-electron chi connectivity index (χ2n) is 6.94. The van der Waals surface area contributed by atoms with Crippen LogP contribution in [0.4, 0.5) is 4.39 Å². The van der Waals surface area contributed by atoms with Crippen molar-refractivity contribution in [3.63, 3.8) is 0 Å². The normalized spacial score (nSPS) is 15.8. The minimum atomic E-state index is -0.337. The number of hydrogen-bond donors (Lipinski definition) is 1. The highest BCUT2D eigenvalue weighted by molar-refractivity contribution is 5.78. The average Bonchev–Trinajstić information content (AvgIpc) is 2.65. The third-order valence-electron chi connectivity index (χ3n) is 4.82. The van der Waals surface area contributed by atoms with Crippen LogP contribution in [0.5, 0.6) is 0 Å². The fourth-order valence-corrected chi connectivity index (χ4v) is 3.10. The minimum absolute atomic E-state index is 0.0637. The molecule has 1 amide bonds. The van der Waals surface area contributed by atoms with Gasteiger partial charge in [-0.05, 0) is 29.8 Å². The zero-order chi connectivity index (χ0) is 18.4. The lowest BCUT2D eigenvalue weighted by atomic mass is 10.1. The van der Waals surface area contributed by atoms with Crippen molar-refractivity contribution >= 4 is 5.91 Å². The number of benzene rings is 2. The van der Waals surface area contributed by atoms with E-state index in [-0.39, 0.29) is 18.1 Å².